The Morgan fingerprint density at radius 2 is 1.67 bits per heavy atom. The Hall–Kier alpha value is -1.15. The number of anilines is 1. The molecule has 30 heavy (non-hydrogen) atoms. The third kappa shape index (κ3) is 7.22. The number of benzene rings is 1. The van der Waals surface area contributed by atoms with Crippen molar-refractivity contribution in [2.45, 2.75) is 63.6 Å². The molecule has 7 heteroatoms. The topological polar surface area (TPSA) is 70.1 Å². The van der Waals surface area contributed by atoms with Crippen LogP contribution in [-0.4, -0.2) is 70.6 Å². The summed E-state index contributed by atoms with van der Waals surface area (Å²) < 4.78 is 29.5. The quantitative estimate of drug-likeness (QED) is 0.732. The highest BCUT2D eigenvalue weighted by Gasteiger charge is 2.25. The number of hydrogen-bond donors (Lipinski definition) is 1. The van der Waals surface area contributed by atoms with Crippen molar-refractivity contribution in [3.05, 3.63) is 23.8 Å². The van der Waals surface area contributed by atoms with Gasteiger partial charge < -0.3 is 14.7 Å². The monoisotopic (exact) mass is 440 g/mol. The zero-order valence-corrected chi connectivity index (χ0v) is 20.0. The van der Waals surface area contributed by atoms with Crippen molar-refractivity contribution in [3.8, 4) is 0 Å². The molecule has 0 radical (unpaired) electrons. The molecule has 2 fully saturated rings. The van der Waals surface area contributed by atoms with Gasteiger partial charge in [0.05, 0.1) is 17.6 Å². The Labute approximate surface area is 183 Å². The van der Waals surface area contributed by atoms with Crippen LogP contribution in [0.1, 0.15) is 51.5 Å². The molecule has 1 N–H and O–H groups in total. The molecule has 1 saturated heterocycles. The largest absolute Gasteiger partial charge is 0.392 e. The van der Waals surface area contributed by atoms with Gasteiger partial charge in [-0.3, -0.25) is 4.90 Å². The smallest absolute Gasteiger partial charge is 0.175 e. The fourth-order valence-electron chi connectivity index (χ4n) is 4.32. The summed E-state index contributed by atoms with van der Waals surface area (Å²) >= 11 is 0. The van der Waals surface area contributed by atoms with Gasteiger partial charge in [-0.1, -0.05) is 26.3 Å². The number of hydrogen-bond acceptors (Lipinski definition) is 6. The first-order chi connectivity index (χ1) is 14.3. The lowest BCUT2D eigenvalue weighted by Gasteiger charge is -2.39. The van der Waals surface area contributed by atoms with E-state index in [4.69, 9.17) is 4.74 Å². The molecule has 3 rings (SSSR count). The average molecular weight is 441 g/mol. The van der Waals surface area contributed by atoms with Gasteiger partial charge in [0.15, 0.2) is 9.84 Å². The Kier molecular flexibility index (Phi) is 10.1. The Bertz CT molecular complexity index is 738. The number of piperazine rings is 1. The summed E-state index contributed by atoms with van der Waals surface area (Å²) in [7, 11) is -1.54. The first kappa shape index (κ1) is 25.1. The summed E-state index contributed by atoms with van der Waals surface area (Å²) in [5.41, 5.74) is 1.39. The molecule has 1 aromatic rings. The van der Waals surface area contributed by atoms with Crippen molar-refractivity contribution < 1.29 is 18.3 Å². The predicted octanol–water partition coefficient (Wildman–Crippen LogP) is 3.33. The van der Waals surface area contributed by atoms with Crippen molar-refractivity contribution >= 4 is 15.5 Å². The van der Waals surface area contributed by atoms with Crippen molar-refractivity contribution in [1.82, 2.24) is 4.90 Å². The standard InChI is InChI=1S/C20H32N2O4S.C3H8/c1-26-19-7-3-16(4-8-19)14-21-9-11-22(12-10-21)18-6-5-17(15-23)20(13-18)27(2,24)25;1-3-2/h5-6,13,16,19,23H,3-4,7-12,14-15H2,1-2H3;3H2,1-2H3. The van der Waals surface area contributed by atoms with Gasteiger partial charge in [0.25, 0.3) is 0 Å². The average Bonchev–Trinajstić information content (AvgIpc) is 2.74. The molecule has 0 bridgehead atoms. The van der Waals surface area contributed by atoms with E-state index in [9.17, 15) is 13.5 Å². The second-order valence-electron chi connectivity index (χ2n) is 8.60. The van der Waals surface area contributed by atoms with Crippen LogP contribution in [-0.2, 0) is 21.2 Å². The van der Waals surface area contributed by atoms with Gasteiger partial charge in [-0.15, -0.1) is 0 Å². The molecule has 0 spiro atoms. The SMILES string of the molecule is CCC.COC1CCC(CN2CCN(c3ccc(CO)c(S(C)(=O)=O)c3)CC2)CC1. The number of rotatable bonds is 6. The van der Waals surface area contributed by atoms with Crippen LogP contribution in [0.2, 0.25) is 0 Å². The molecule has 2 aliphatic rings. The first-order valence-corrected chi connectivity index (χ1v) is 13.1. The Morgan fingerprint density at radius 3 is 2.17 bits per heavy atom. The van der Waals surface area contributed by atoms with E-state index in [2.05, 4.69) is 23.6 Å². The summed E-state index contributed by atoms with van der Waals surface area (Å²) in [6.45, 7) is 8.94. The van der Waals surface area contributed by atoms with E-state index in [0.717, 1.165) is 44.3 Å². The molecule has 0 aromatic heterocycles. The van der Waals surface area contributed by atoms with Gasteiger partial charge in [-0.25, -0.2) is 8.42 Å². The van der Waals surface area contributed by atoms with E-state index in [-0.39, 0.29) is 11.5 Å². The molecule has 6 nitrogen and oxygen atoms in total. The molecular formula is C23H40N2O4S. The molecule has 0 atom stereocenters. The summed E-state index contributed by atoms with van der Waals surface area (Å²) in [4.78, 5) is 5.02. The van der Waals surface area contributed by atoms with Gasteiger partial charge in [0, 0.05) is 51.8 Å². The van der Waals surface area contributed by atoms with E-state index >= 15 is 0 Å². The van der Waals surface area contributed by atoms with Crippen LogP contribution >= 0.6 is 0 Å². The third-order valence-corrected chi connectivity index (χ3v) is 7.18. The van der Waals surface area contributed by atoms with Crippen LogP contribution in [0.3, 0.4) is 0 Å². The number of nitrogens with zero attached hydrogens (tertiary/aromatic N) is 2. The van der Waals surface area contributed by atoms with Crippen molar-refractivity contribution in [2.24, 2.45) is 5.92 Å². The molecule has 1 aliphatic heterocycles. The number of aliphatic hydroxyl groups excluding tert-OH is 1. The molecule has 0 unspecified atom stereocenters. The number of methoxy groups -OCH3 is 1. The predicted molar refractivity (Wildman–Crippen MR) is 123 cm³/mol. The van der Waals surface area contributed by atoms with E-state index in [1.807, 2.05) is 13.2 Å². The van der Waals surface area contributed by atoms with Crippen molar-refractivity contribution in [2.75, 3.05) is 51.0 Å². The van der Waals surface area contributed by atoms with Crippen LogP contribution < -0.4 is 4.90 Å². The van der Waals surface area contributed by atoms with Crippen LogP contribution in [0.4, 0.5) is 5.69 Å². The van der Waals surface area contributed by atoms with Gasteiger partial charge in [0.2, 0.25) is 0 Å². The van der Waals surface area contributed by atoms with Crippen molar-refractivity contribution in [1.29, 1.82) is 0 Å². The molecule has 172 valence electrons. The fourth-order valence-corrected chi connectivity index (χ4v) is 5.26. The highest BCUT2D eigenvalue weighted by molar-refractivity contribution is 7.90. The Balaban J connectivity index is 0.00000101. The van der Waals surface area contributed by atoms with Crippen LogP contribution in [0.5, 0.6) is 0 Å². The van der Waals surface area contributed by atoms with Gasteiger partial charge >= 0.3 is 0 Å². The van der Waals surface area contributed by atoms with E-state index in [0.29, 0.717) is 11.7 Å². The summed E-state index contributed by atoms with van der Waals surface area (Å²) in [6.07, 6.45) is 7.74. The molecule has 1 saturated carbocycles. The second kappa shape index (κ2) is 12.0. The minimum atomic E-state index is -3.35. The molecule has 1 heterocycles. The minimum absolute atomic E-state index is 0.236. The van der Waals surface area contributed by atoms with Gasteiger partial charge in [-0.2, -0.15) is 0 Å². The van der Waals surface area contributed by atoms with Crippen LogP contribution in [0.15, 0.2) is 23.1 Å². The highest BCUT2D eigenvalue weighted by Crippen LogP contribution is 2.28. The van der Waals surface area contributed by atoms with Crippen molar-refractivity contribution in [3.63, 3.8) is 0 Å². The summed E-state index contributed by atoms with van der Waals surface area (Å²) in [5.74, 6) is 0.767. The zero-order valence-electron chi connectivity index (χ0n) is 19.1. The maximum Gasteiger partial charge on any atom is 0.175 e. The molecule has 1 aromatic carbocycles. The molecule has 1 aliphatic carbocycles. The second-order valence-corrected chi connectivity index (χ2v) is 10.6. The molecule has 0 amide bonds. The van der Waals surface area contributed by atoms with Gasteiger partial charge in [-0.05, 0) is 49.3 Å². The lowest BCUT2D eigenvalue weighted by molar-refractivity contribution is 0.0492. The normalized spacial score (nSPS) is 23.0. The van der Waals surface area contributed by atoms with Crippen LogP contribution in [0, 0.1) is 5.92 Å². The lowest BCUT2D eigenvalue weighted by Crippen LogP contribution is -2.48. The minimum Gasteiger partial charge on any atom is -0.392 e. The van der Waals surface area contributed by atoms with E-state index < -0.39 is 9.84 Å². The number of sulfone groups is 1. The number of aliphatic hydroxyl groups is 1. The maximum atomic E-state index is 12.0. The third-order valence-electron chi connectivity index (χ3n) is 6.00. The lowest BCUT2D eigenvalue weighted by atomic mass is 9.87. The molecular weight excluding hydrogens is 400 g/mol. The highest BCUT2D eigenvalue weighted by atomic mass is 32.2. The summed E-state index contributed by atoms with van der Waals surface area (Å²) in [6, 6.07) is 5.36. The van der Waals surface area contributed by atoms with E-state index in [1.54, 1.807) is 12.1 Å². The maximum absolute atomic E-state index is 12.0. The van der Waals surface area contributed by atoms with Gasteiger partial charge in [0.1, 0.15) is 0 Å². The van der Waals surface area contributed by atoms with Crippen LogP contribution in [0.25, 0.3) is 0 Å². The zero-order chi connectivity index (χ0) is 22.1. The van der Waals surface area contributed by atoms with E-state index in [1.165, 1.54) is 38.4 Å². The fraction of sp³-hybridized carbons (Fsp3) is 0.739. The first-order valence-electron chi connectivity index (χ1n) is 11.3. The Morgan fingerprint density at radius 1 is 1.07 bits per heavy atom. The summed E-state index contributed by atoms with van der Waals surface area (Å²) in [5, 5.41) is 9.41. The number of ether oxygens (including phenoxy) is 1.